The molecule has 120 valence electrons. The fourth-order valence-corrected chi connectivity index (χ4v) is 3.52. The van der Waals surface area contributed by atoms with Gasteiger partial charge in [0.05, 0.1) is 0 Å². The first-order chi connectivity index (χ1) is 9.24. The summed E-state index contributed by atoms with van der Waals surface area (Å²) < 4.78 is 1.81. The predicted octanol–water partition coefficient (Wildman–Crippen LogP) is 1.70. The number of aromatic nitrogens is 2. The van der Waals surface area contributed by atoms with Gasteiger partial charge in [0, 0.05) is 44.5 Å². The monoisotopic (exact) mass is 334 g/mol. The Kier molecular flexibility index (Phi) is 6.97. The fraction of sp³-hybridized carbons (Fsp3) is 0.714. The van der Waals surface area contributed by atoms with Crippen LogP contribution in [0.3, 0.4) is 0 Å². The highest BCUT2D eigenvalue weighted by Crippen LogP contribution is 2.35. The molecule has 3 atom stereocenters. The van der Waals surface area contributed by atoms with E-state index in [1.807, 2.05) is 21.8 Å². The molecule has 7 heteroatoms. The average Bonchev–Trinajstić information content (AvgIpc) is 3.05. The van der Waals surface area contributed by atoms with Crippen LogP contribution in [-0.4, -0.2) is 39.7 Å². The number of rotatable bonds is 3. The van der Waals surface area contributed by atoms with Crippen LogP contribution in [0, 0.1) is 11.8 Å². The van der Waals surface area contributed by atoms with E-state index in [1.54, 1.807) is 6.20 Å². The van der Waals surface area contributed by atoms with E-state index in [-0.39, 0.29) is 30.7 Å². The Bertz CT molecular complexity index is 440. The van der Waals surface area contributed by atoms with Gasteiger partial charge in [-0.25, -0.2) is 0 Å². The van der Waals surface area contributed by atoms with Gasteiger partial charge in [-0.2, -0.15) is 5.10 Å². The maximum absolute atomic E-state index is 12.2. The van der Waals surface area contributed by atoms with Gasteiger partial charge in [0.2, 0.25) is 5.91 Å². The SMILES string of the molecule is Cl.Cl.NC1CCCC2CN(C(=O)CCn3cccn3)CC12. The second-order valence-corrected chi connectivity index (χ2v) is 5.84. The number of carbonyl (C=O) groups is 1. The van der Waals surface area contributed by atoms with Crippen molar-refractivity contribution in [3.05, 3.63) is 18.5 Å². The first-order valence-electron chi connectivity index (χ1n) is 7.25. The van der Waals surface area contributed by atoms with Crippen molar-refractivity contribution >= 4 is 30.7 Å². The van der Waals surface area contributed by atoms with E-state index in [1.165, 1.54) is 12.8 Å². The van der Waals surface area contributed by atoms with Crippen molar-refractivity contribution in [3.8, 4) is 0 Å². The zero-order valence-corrected chi connectivity index (χ0v) is 13.7. The minimum Gasteiger partial charge on any atom is -0.342 e. The van der Waals surface area contributed by atoms with E-state index in [0.29, 0.717) is 30.8 Å². The smallest absolute Gasteiger partial charge is 0.224 e. The van der Waals surface area contributed by atoms with E-state index < -0.39 is 0 Å². The van der Waals surface area contributed by atoms with E-state index >= 15 is 0 Å². The van der Waals surface area contributed by atoms with E-state index in [2.05, 4.69) is 5.10 Å². The maximum Gasteiger partial charge on any atom is 0.224 e. The molecule has 2 N–H and O–H groups in total. The highest BCUT2D eigenvalue weighted by Gasteiger charge is 2.40. The van der Waals surface area contributed by atoms with Gasteiger partial charge in [-0.15, -0.1) is 24.8 Å². The van der Waals surface area contributed by atoms with Crippen molar-refractivity contribution in [3.63, 3.8) is 0 Å². The Morgan fingerprint density at radius 1 is 1.29 bits per heavy atom. The van der Waals surface area contributed by atoms with Crippen LogP contribution in [0.2, 0.25) is 0 Å². The number of aryl methyl sites for hydroxylation is 1. The zero-order valence-electron chi connectivity index (χ0n) is 12.1. The molecule has 2 heterocycles. The van der Waals surface area contributed by atoms with Crippen LogP contribution in [0.4, 0.5) is 0 Å². The Morgan fingerprint density at radius 3 is 2.76 bits per heavy atom. The second-order valence-electron chi connectivity index (χ2n) is 5.84. The number of hydrogen-bond donors (Lipinski definition) is 1. The summed E-state index contributed by atoms with van der Waals surface area (Å²) in [5.41, 5.74) is 6.18. The average molecular weight is 335 g/mol. The molecule has 1 saturated heterocycles. The fourth-order valence-electron chi connectivity index (χ4n) is 3.52. The lowest BCUT2D eigenvalue weighted by Gasteiger charge is -2.29. The van der Waals surface area contributed by atoms with Gasteiger partial charge in [-0.05, 0) is 30.7 Å². The number of nitrogens with two attached hydrogens (primary N) is 1. The predicted molar refractivity (Wildman–Crippen MR) is 86.7 cm³/mol. The summed E-state index contributed by atoms with van der Waals surface area (Å²) in [5, 5.41) is 4.13. The molecule has 0 bridgehead atoms. The van der Waals surface area contributed by atoms with Gasteiger partial charge < -0.3 is 10.6 Å². The lowest BCUT2D eigenvalue weighted by molar-refractivity contribution is -0.130. The molecule has 1 saturated carbocycles. The minimum atomic E-state index is 0. The number of carbonyl (C=O) groups excluding carboxylic acids is 1. The Labute approximate surface area is 138 Å². The number of likely N-dealkylation sites (tertiary alicyclic amines) is 1. The molecule has 1 aromatic heterocycles. The lowest BCUT2D eigenvalue weighted by atomic mass is 9.78. The lowest BCUT2D eigenvalue weighted by Crippen LogP contribution is -2.38. The number of fused-ring (bicyclic) bond motifs is 1. The third-order valence-corrected chi connectivity index (χ3v) is 4.62. The second kappa shape index (κ2) is 8.01. The van der Waals surface area contributed by atoms with Gasteiger partial charge in [-0.1, -0.05) is 6.42 Å². The van der Waals surface area contributed by atoms with Crippen molar-refractivity contribution in [1.29, 1.82) is 0 Å². The topological polar surface area (TPSA) is 64.2 Å². The molecule has 1 aliphatic heterocycles. The summed E-state index contributed by atoms with van der Waals surface area (Å²) in [7, 11) is 0. The van der Waals surface area contributed by atoms with Crippen molar-refractivity contribution in [2.45, 2.75) is 38.3 Å². The number of amides is 1. The molecular weight excluding hydrogens is 311 g/mol. The van der Waals surface area contributed by atoms with E-state index in [9.17, 15) is 4.79 Å². The maximum atomic E-state index is 12.2. The third kappa shape index (κ3) is 4.11. The van der Waals surface area contributed by atoms with Gasteiger partial charge in [0.25, 0.3) is 0 Å². The van der Waals surface area contributed by atoms with Gasteiger partial charge in [0.15, 0.2) is 0 Å². The van der Waals surface area contributed by atoms with Crippen molar-refractivity contribution in [1.82, 2.24) is 14.7 Å². The first-order valence-corrected chi connectivity index (χ1v) is 7.25. The standard InChI is InChI=1S/C14H22N4O.2ClH/c15-13-4-1-3-11-9-17(10-12(11)13)14(19)5-8-18-7-2-6-16-18;;/h2,6-7,11-13H,1,3-5,8-10,15H2;2*1H. The normalized spacial score (nSPS) is 27.5. The molecule has 0 aromatic carbocycles. The molecule has 21 heavy (non-hydrogen) atoms. The summed E-state index contributed by atoms with van der Waals surface area (Å²) in [6.45, 7) is 2.45. The molecule has 2 fully saturated rings. The summed E-state index contributed by atoms with van der Waals surface area (Å²) in [6, 6.07) is 2.18. The highest BCUT2D eigenvalue weighted by atomic mass is 35.5. The largest absolute Gasteiger partial charge is 0.342 e. The molecule has 1 aromatic rings. The zero-order chi connectivity index (χ0) is 13.2. The van der Waals surface area contributed by atoms with Gasteiger partial charge in [-0.3, -0.25) is 9.48 Å². The summed E-state index contributed by atoms with van der Waals surface area (Å²) in [6.07, 6.45) is 7.76. The number of nitrogens with zero attached hydrogens (tertiary/aromatic N) is 3. The summed E-state index contributed by atoms with van der Waals surface area (Å²) in [5.74, 6) is 1.41. The van der Waals surface area contributed by atoms with Crippen LogP contribution in [-0.2, 0) is 11.3 Å². The third-order valence-electron chi connectivity index (χ3n) is 4.62. The van der Waals surface area contributed by atoms with Crippen LogP contribution in [0.1, 0.15) is 25.7 Å². The van der Waals surface area contributed by atoms with Gasteiger partial charge in [0.1, 0.15) is 0 Å². The number of halogens is 2. The van der Waals surface area contributed by atoms with Crippen LogP contribution in [0.15, 0.2) is 18.5 Å². The molecule has 3 rings (SSSR count). The first kappa shape index (κ1) is 18.3. The van der Waals surface area contributed by atoms with Crippen molar-refractivity contribution in [2.24, 2.45) is 17.6 Å². The summed E-state index contributed by atoms with van der Waals surface area (Å²) >= 11 is 0. The Morgan fingerprint density at radius 2 is 2.10 bits per heavy atom. The molecular formula is C14H24Cl2N4O. The number of hydrogen-bond acceptors (Lipinski definition) is 3. The summed E-state index contributed by atoms with van der Waals surface area (Å²) in [4.78, 5) is 14.3. The molecule has 5 nitrogen and oxygen atoms in total. The molecule has 3 unspecified atom stereocenters. The minimum absolute atomic E-state index is 0. The molecule has 0 radical (unpaired) electrons. The molecule has 2 aliphatic rings. The quantitative estimate of drug-likeness (QED) is 0.914. The van der Waals surface area contributed by atoms with Gasteiger partial charge >= 0.3 is 0 Å². The Hall–Kier alpha value is -0.780. The highest BCUT2D eigenvalue weighted by molar-refractivity contribution is 5.85. The van der Waals surface area contributed by atoms with E-state index in [0.717, 1.165) is 19.5 Å². The van der Waals surface area contributed by atoms with E-state index in [4.69, 9.17) is 5.73 Å². The van der Waals surface area contributed by atoms with Crippen molar-refractivity contribution < 1.29 is 4.79 Å². The Balaban J connectivity index is 0.00000110. The molecule has 1 amide bonds. The van der Waals surface area contributed by atoms with Crippen LogP contribution in [0.25, 0.3) is 0 Å². The molecule has 0 spiro atoms. The van der Waals surface area contributed by atoms with Crippen LogP contribution < -0.4 is 5.73 Å². The van der Waals surface area contributed by atoms with Crippen molar-refractivity contribution in [2.75, 3.05) is 13.1 Å². The molecule has 1 aliphatic carbocycles. The van der Waals surface area contributed by atoms with Crippen LogP contribution in [0.5, 0.6) is 0 Å². The van der Waals surface area contributed by atoms with Crippen LogP contribution >= 0.6 is 24.8 Å².